The SMILES string of the molecule is CCC(C)C(NC(=O)C1CCCN1)C(=O)NC(CCC(=O)O)C(=O)NC(CO)C(=O)O. The average molecular weight is 444 g/mol. The molecule has 1 saturated heterocycles. The van der Waals surface area contributed by atoms with Crippen molar-refractivity contribution in [2.24, 2.45) is 5.92 Å². The van der Waals surface area contributed by atoms with Crippen molar-refractivity contribution in [1.82, 2.24) is 21.3 Å². The van der Waals surface area contributed by atoms with E-state index >= 15 is 0 Å². The minimum atomic E-state index is -1.60. The van der Waals surface area contributed by atoms with Gasteiger partial charge in [0.15, 0.2) is 0 Å². The highest BCUT2D eigenvalue weighted by Crippen LogP contribution is 2.12. The maximum atomic E-state index is 12.9. The smallest absolute Gasteiger partial charge is 0.328 e. The Bertz CT molecular complexity index is 665. The summed E-state index contributed by atoms with van der Waals surface area (Å²) in [5.74, 6) is -4.92. The molecule has 1 aliphatic rings. The Morgan fingerprint density at radius 1 is 1.03 bits per heavy atom. The first-order valence-corrected chi connectivity index (χ1v) is 10.3. The number of amides is 3. The minimum Gasteiger partial charge on any atom is -0.481 e. The molecule has 3 amide bonds. The second-order valence-corrected chi connectivity index (χ2v) is 7.60. The van der Waals surface area contributed by atoms with Gasteiger partial charge in [0.2, 0.25) is 17.7 Å². The number of hydrogen-bond donors (Lipinski definition) is 7. The van der Waals surface area contributed by atoms with E-state index in [9.17, 15) is 24.0 Å². The van der Waals surface area contributed by atoms with Crippen LogP contribution in [-0.4, -0.2) is 82.3 Å². The van der Waals surface area contributed by atoms with E-state index in [0.29, 0.717) is 19.4 Å². The molecule has 31 heavy (non-hydrogen) atoms. The molecule has 1 fully saturated rings. The maximum absolute atomic E-state index is 12.9. The predicted molar refractivity (Wildman–Crippen MR) is 108 cm³/mol. The Hall–Kier alpha value is -2.73. The van der Waals surface area contributed by atoms with E-state index in [-0.39, 0.29) is 18.2 Å². The van der Waals surface area contributed by atoms with Gasteiger partial charge >= 0.3 is 11.9 Å². The molecule has 0 aliphatic carbocycles. The summed E-state index contributed by atoms with van der Waals surface area (Å²) < 4.78 is 0. The van der Waals surface area contributed by atoms with Gasteiger partial charge in [-0.3, -0.25) is 19.2 Å². The van der Waals surface area contributed by atoms with E-state index in [2.05, 4.69) is 21.3 Å². The van der Waals surface area contributed by atoms with Gasteiger partial charge in [-0.15, -0.1) is 0 Å². The number of aliphatic hydroxyl groups excluding tert-OH is 1. The van der Waals surface area contributed by atoms with Crippen LogP contribution in [0.4, 0.5) is 0 Å². The lowest BCUT2D eigenvalue weighted by atomic mass is 9.97. The third-order valence-corrected chi connectivity index (χ3v) is 5.25. The number of rotatable bonds is 13. The molecule has 1 aliphatic heterocycles. The fraction of sp³-hybridized carbons (Fsp3) is 0.737. The number of nitrogens with one attached hydrogen (secondary N) is 4. The summed E-state index contributed by atoms with van der Waals surface area (Å²) in [6, 6.07) is -4.33. The molecule has 0 saturated carbocycles. The zero-order valence-electron chi connectivity index (χ0n) is 17.7. The molecule has 1 rings (SSSR count). The largest absolute Gasteiger partial charge is 0.481 e. The number of carboxylic acid groups (broad SMARTS) is 2. The first-order chi connectivity index (χ1) is 14.6. The summed E-state index contributed by atoms with van der Waals surface area (Å²) in [5, 5.41) is 37.2. The van der Waals surface area contributed by atoms with Crippen LogP contribution in [0.15, 0.2) is 0 Å². The Morgan fingerprint density at radius 3 is 2.16 bits per heavy atom. The molecule has 5 unspecified atom stereocenters. The van der Waals surface area contributed by atoms with Crippen molar-refractivity contribution in [2.75, 3.05) is 13.2 Å². The lowest BCUT2D eigenvalue weighted by molar-refractivity contribution is -0.144. The Balaban J connectivity index is 2.93. The van der Waals surface area contributed by atoms with Crippen molar-refractivity contribution in [3.05, 3.63) is 0 Å². The summed E-state index contributed by atoms with van der Waals surface area (Å²) in [4.78, 5) is 59.8. The topological polar surface area (TPSA) is 194 Å². The number of aliphatic carboxylic acids is 2. The lowest BCUT2D eigenvalue weighted by Gasteiger charge is -2.27. The van der Waals surface area contributed by atoms with E-state index < -0.39 is 60.9 Å². The van der Waals surface area contributed by atoms with Gasteiger partial charge in [0.05, 0.1) is 12.6 Å². The normalized spacial score (nSPS) is 19.5. The molecular formula is C19H32N4O8. The molecular weight excluding hydrogens is 412 g/mol. The second kappa shape index (κ2) is 12.8. The van der Waals surface area contributed by atoms with Crippen LogP contribution in [0.2, 0.25) is 0 Å². The van der Waals surface area contributed by atoms with Gasteiger partial charge in [-0.1, -0.05) is 20.3 Å². The molecule has 7 N–H and O–H groups in total. The monoisotopic (exact) mass is 444 g/mol. The summed E-state index contributed by atoms with van der Waals surface area (Å²) in [7, 11) is 0. The van der Waals surface area contributed by atoms with Gasteiger partial charge in [-0.2, -0.15) is 0 Å². The molecule has 0 aromatic rings. The molecule has 0 bridgehead atoms. The number of carbonyl (C=O) groups excluding carboxylic acids is 3. The van der Waals surface area contributed by atoms with Crippen LogP contribution in [-0.2, 0) is 24.0 Å². The minimum absolute atomic E-state index is 0.280. The van der Waals surface area contributed by atoms with E-state index in [0.717, 1.165) is 6.42 Å². The van der Waals surface area contributed by atoms with Gasteiger partial charge in [0.25, 0.3) is 0 Å². The van der Waals surface area contributed by atoms with E-state index in [1.165, 1.54) is 0 Å². The number of aliphatic hydroxyl groups is 1. The van der Waals surface area contributed by atoms with Crippen molar-refractivity contribution in [1.29, 1.82) is 0 Å². The standard InChI is InChI=1S/C19H32N4O8/c1-3-10(2)15(23-16(27)11-5-4-8-20-11)18(29)21-12(6-7-14(25)26)17(28)22-13(9-24)19(30)31/h10-13,15,20,24H,3-9H2,1-2H3,(H,21,29)(H,22,28)(H,23,27)(H,25,26)(H,30,31). The van der Waals surface area contributed by atoms with Crippen LogP contribution in [0.3, 0.4) is 0 Å². The van der Waals surface area contributed by atoms with Gasteiger partial charge in [0, 0.05) is 6.42 Å². The van der Waals surface area contributed by atoms with Gasteiger partial charge in [-0.05, 0) is 31.7 Å². The molecule has 0 spiro atoms. The van der Waals surface area contributed by atoms with Crippen LogP contribution in [0.25, 0.3) is 0 Å². The van der Waals surface area contributed by atoms with Crippen molar-refractivity contribution >= 4 is 29.7 Å². The van der Waals surface area contributed by atoms with Crippen molar-refractivity contribution < 1.29 is 39.3 Å². The first kappa shape index (κ1) is 26.3. The van der Waals surface area contributed by atoms with Crippen molar-refractivity contribution in [3.8, 4) is 0 Å². The quantitative estimate of drug-likeness (QED) is 0.171. The Kier molecular flexibility index (Phi) is 10.9. The Labute approximate surface area is 180 Å². The van der Waals surface area contributed by atoms with Gasteiger partial charge in [0.1, 0.15) is 18.1 Å². The lowest BCUT2D eigenvalue weighted by Crippen LogP contribution is -2.58. The molecule has 0 radical (unpaired) electrons. The number of carboxylic acids is 2. The van der Waals surface area contributed by atoms with Gasteiger partial charge < -0.3 is 36.6 Å². The van der Waals surface area contributed by atoms with E-state index in [1.54, 1.807) is 6.92 Å². The molecule has 5 atom stereocenters. The molecule has 176 valence electrons. The molecule has 0 aromatic carbocycles. The fourth-order valence-corrected chi connectivity index (χ4v) is 3.12. The van der Waals surface area contributed by atoms with Crippen LogP contribution in [0, 0.1) is 5.92 Å². The van der Waals surface area contributed by atoms with Crippen molar-refractivity contribution in [2.45, 2.75) is 70.1 Å². The first-order valence-electron chi connectivity index (χ1n) is 10.3. The Morgan fingerprint density at radius 2 is 1.68 bits per heavy atom. The maximum Gasteiger partial charge on any atom is 0.328 e. The predicted octanol–water partition coefficient (Wildman–Crippen LogP) is -1.82. The fourth-order valence-electron chi connectivity index (χ4n) is 3.12. The third-order valence-electron chi connectivity index (χ3n) is 5.25. The number of carbonyl (C=O) groups is 5. The van der Waals surface area contributed by atoms with Crippen LogP contribution in [0.5, 0.6) is 0 Å². The van der Waals surface area contributed by atoms with Crippen LogP contribution < -0.4 is 21.3 Å². The second-order valence-electron chi connectivity index (χ2n) is 7.60. The average Bonchev–Trinajstić information content (AvgIpc) is 3.26. The molecule has 12 heteroatoms. The summed E-state index contributed by atoms with van der Waals surface area (Å²) >= 11 is 0. The van der Waals surface area contributed by atoms with Crippen LogP contribution in [0.1, 0.15) is 46.0 Å². The van der Waals surface area contributed by atoms with Crippen molar-refractivity contribution in [3.63, 3.8) is 0 Å². The summed E-state index contributed by atoms with van der Waals surface area (Å²) in [6.45, 7) is 3.41. The molecule has 12 nitrogen and oxygen atoms in total. The molecule has 1 heterocycles. The van der Waals surface area contributed by atoms with E-state index in [1.807, 2.05) is 6.92 Å². The highest BCUT2D eigenvalue weighted by atomic mass is 16.4. The third kappa shape index (κ3) is 8.50. The summed E-state index contributed by atoms with van der Waals surface area (Å²) in [6.07, 6.45) is 1.28. The number of hydrogen-bond acceptors (Lipinski definition) is 7. The zero-order valence-corrected chi connectivity index (χ0v) is 17.7. The zero-order chi connectivity index (χ0) is 23.6. The van der Waals surface area contributed by atoms with Crippen LogP contribution >= 0.6 is 0 Å². The highest BCUT2D eigenvalue weighted by molar-refractivity contribution is 5.94. The van der Waals surface area contributed by atoms with Gasteiger partial charge in [-0.25, -0.2) is 4.79 Å². The highest BCUT2D eigenvalue weighted by Gasteiger charge is 2.33. The summed E-state index contributed by atoms with van der Waals surface area (Å²) in [5.41, 5.74) is 0. The molecule has 0 aromatic heterocycles. The van der Waals surface area contributed by atoms with E-state index in [4.69, 9.17) is 15.3 Å².